The molecule has 7 heteroatoms. The van der Waals surface area contributed by atoms with E-state index in [1.165, 1.54) is 12.8 Å². The number of rotatable bonds is 10. The zero-order valence-corrected chi connectivity index (χ0v) is 15.8. The molecule has 1 saturated heterocycles. The molecular weight excluding hydrogens is 397 g/mol. The zero-order valence-electron chi connectivity index (χ0n) is 13.5. The highest BCUT2D eigenvalue weighted by Crippen LogP contribution is 2.28. The Labute approximate surface area is 150 Å². The Morgan fingerprint density at radius 1 is 1.18 bits per heavy atom. The topological polar surface area (TPSA) is 64.1 Å². The summed E-state index contributed by atoms with van der Waals surface area (Å²) in [5, 5.41) is 6.53. The Balaban J connectivity index is 0.00000242. The highest BCUT2D eigenvalue weighted by Gasteiger charge is 2.20. The Hall–Kier alpha value is -0.120. The van der Waals surface area contributed by atoms with Crippen molar-refractivity contribution in [2.24, 2.45) is 10.9 Å². The summed E-state index contributed by atoms with van der Waals surface area (Å²) in [6.45, 7) is 5.65. The molecule has 130 valence electrons. The minimum absolute atomic E-state index is 0. The Kier molecular flexibility index (Phi) is 11.2. The van der Waals surface area contributed by atoms with Gasteiger partial charge in [0.1, 0.15) is 0 Å². The van der Waals surface area contributed by atoms with Gasteiger partial charge in [-0.25, -0.2) is 0 Å². The van der Waals surface area contributed by atoms with Crippen LogP contribution >= 0.6 is 24.0 Å². The molecule has 2 N–H and O–H groups in total. The summed E-state index contributed by atoms with van der Waals surface area (Å²) in [6, 6.07) is 0. The van der Waals surface area contributed by atoms with Crippen LogP contribution in [0.2, 0.25) is 0 Å². The SMILES string of the molecule is CN=C(NCCCOC1CCOC1)NCCOCC1CC1.I. The average molecular weight is 427 g/mol. The van der Waals surface area contributed by atoms with Gasteiger partial charge in [-0.3, -0.25) is 4.99 Å². The van der Waals surface area contributed by atoms with Crippen molar-refractivity contribution in [2.75, 3.05) is 53.2 Å². The summed E-state index contributed by atoms with van der Waals surface area (Å²) >= 11 is 0. The summed E-state index contributed by atoms with van der Waals surface area (Å²) < 4.78 is 16.6. The summed E-state index contributed by atoms with van der Waals surface area (Å²) in [6.07, 6.45) is 4.97. The predicted molar refractivity (Wildman–Crippen MR) is 98.1 cm³/mol. The highest BCUT2D eigenvalue weighted by atomic mass is 127. The molecular formula is C15H30IN3O3. The fourth-order valence-electron chi connectivity index (χ4n) is 2.17. The molecule has 1 heterocycles. The second-order valence-corrected chi connectivity index (χ2v) is 5.65. The smallest absolute Gasteiger partial charge is 0.191 e. The Morgan fingerprint density at radius 3 is 2.68 bits per heavy atom. The standard InChI is InChI=1S/C15H29N3O3.HI/c1-16-15(18-7-10-20-11-13-3-4-13)17-6-2-8-21-14-5-9-19-12-14;/h13-14H,2-12H2,1H3,(H2,16,17,18);1H. The van der Waals surface area contributed by atoms with Crippen LogP contribution in [0.15, 0.2) is 4.99 Å². The molecule has 0 bridgehead atoms. The lowest BCUT2D eigenvalue weighted by Crippen LogP contribution is -2.39. The van der Waals surface area contributed by atoms with E-state index in [-0.39, 0.29) is 24.0 Å². The number of aliphatic imine (C=N–C) groups is 1. The first-order valence-electron chi connectivity index (χ1n) is 8.10. The van der Waals surface area contributed by atoms with Crippen LogP contribution in [0.3, 0.4) is 0 Å². The second-order valence-electron chi connectivity index (χ2n) is 5.65. The molecule has 1 atom stereocenters. The number of halogens is 1. The molecule has 0 amide bonds. The van der Waals surface area contributed by atoms with Crippen molar-refractivity contribution < 1.29 is 14.2 Å². The largest absolute Gasteiger partial charge is 0.379 e. The first-order valence-corrected chi connectivity index (χ1v) is 8.10. The molecule has 2 rings (SSSR count). The van der Waals surface area contributed by atoms with Crippen LogP contribution in [0.4, 0.5) is 0 Å². The van der Waals surface area contributed by atoms with E-state index in [1.54, 1.807) is 7.05 Å². The van der Waals surface area contributed by atoms with E-state index in [0.717, 1.165) is 70.8 Å². The molecule has 2 fully saturated rings. The molecule has 1 saturated carbocycles. The molecule has 2 aliphatic rings. The van der Waals surface area contributed by atoms with Gasteiger partial charge in [0.25, 0.3) is 0 Å². The van der Waals surface area contributed by atoms with E-state index < -0.39 is 0 Å². The molecule has 0 spiro atoms. The Morgan fingerprint density at radius 2 is 2.00 bits per heavy atom. The van der Waals surface area contributed by atoms with Gasteiger partial charge in [-0.05, 0) is 31.6 Å². The van der Waals surface area contributed by atoms with Crippen molar-refractivity contribution in [1.29, 1.82) is 0 Å². The van der Waals surface area contributed by atoms with Gasteiger partial charge in [0.15, 0.2) is 5.96 Å². The summed E-state index contributed by atoms with van der Waals surface area (Å²) in [5.41, 5.74) is 0. The third-order valence-electron chi connectivity index (χ3n) is 3.67. The average Bonchev–Trinajstić information content (AvgIpc) is 3.18. The van der Waals surface area contributed by atoms with Crippen molar-refractivity contribution >= 4 is 29.9 Å². The molecule has 1 unspecified atom stereocenters. The van der Waals surface area contributed by atoms with E-state index in [1.807, 2.05) is 0 Å². The van der Waals surface area contributed by atoms with Crippen LogP contribution in [-0.2, 0) is 14.2 Å². The molecule has 0 radical (unpaired) electrons. The fraction of sp³-hybridized carbons (Fsp3) is 0.933. The number of nitrogens with one attached hydrogen (secondary N) is 2. The van der Waals surface area contributed by atoms with Crippen LogP contribution in [-0.4, -0.2) is 65.2 Å². The lowest BCUT2D eigenvalue weighted by Gasteiger charge is -2.13. The van der Waals surface area contributed by atoms with Gasteiger partial charge in [-0.15, -0.1) is 24.0 Å². The van der Waals surface area contributed by atoms with Crippen molar-refractivity contribution in [3.8, 4) is 0 Å². The number of nitrogens with zero attached hydrogens (tertiary/aromatic N) is 1. The molecule has 0 aromatic rings. The Bertz CT molecular complexity index is 308. The van der Waals surface area contributed by atoms with Gasteiger partial charge in [0, 0.05) is 40.0 Å². The molecule has 1 aliphatic heterocycles. The minimum Gasteiger partial charge on any atom is -0.379 e. The first-order chi connectivity index (χ1) is 10.4. The van der Waals surface area contributed by atoms with Gasteiger partial charge in [-0.2, -0.15) is 0 Å². The van der Waals surface area contributed by atoms with Crippen molar-refractivity contribution in [3.05, 3.63) is 0 Å². The molecule has 22 heavy (non-hydrogen) atoms. The lowest BCUT2D eigenvalue weighted by molar-refractivity contribution is 0.0420. The van der Waals surface area contributed by atoms with E-state index in [0.29, 0.717) is 6.10 Å². The molecule has 6 nitrogen and oxygen atoms in total. The number of hydrogen-bond acceptors (Lipinski definition) is 4. The van der Waals surface area contributed by atoms with Crippen LogP contribution in [0.5, 0.6) is 0 Å². The van der Waals surface area contributed by atoms with Crippen LogP contribution in [0.25, 0.3) is 0 Å². The molecule has 0 aromatic carbocycles. The maximum Gasteiger partial charge on any atom is 0.191 e. The van der Waals surface area contributed by atoms with E-state index >= 15 is 0 Å². The third-order valence-corrected chi connectivity index (χ3v) is 3.67. The lowest BCUT2D eigenvalue weighted by atomic mass is 10.3. The van der Waals surface area contributed by atoms with E-state index in [2.05, 4.69) is 15.6 Å². The minimum atomic E-state index is 0. The number of guanidine groups is 1. The zero-order chi connectivity index (χ0) is 14.8. The summed E-state index contributed by atoms with van der Waals surface area (Å²) in [4.78, 5) is 4.19. The summed E-state index contributed by atoms with van der Waals surface area (Å²) in [7, 11) is 1.78. The van der Waals surface area contributed by atoms with E-state index in [4.69, 9.17) is 14.2 Å². The first kappa shape index (κ1) is 19.9. The van der Waals surface area contributed by atoms with Crippen molar-refractivity contribution in [2.45, 2.75) is 31.8 Å². The van der Waals surface area contributed by atoms with Crippen LogP contribution < -0.4 is 10.6 Å². The van der Waals surface area contributed by atoms with Gasteiger partial charge in [-0.1, -0.05) is 0 Å². The highest BCUT2D eigenvalue weighted by molar-refractivity contribution is 14.0. The van der Waals surface area contributed by atoms with Gasteiger partial charge in [0.2, 0.25) is 0 Å². The molecule has 1 aliphatic carbocycles. The number of hydrogen-bond donors (Lipinski definition) is 2. The second kappa shape index (κ2) is 12.3. The number of ether oxygens (including phenoxy) is 3. The van der Waals surface area contributed by atoms with Crippen LogP contribution in [0, 0.1) is 5.92 Å². The maximum atomic E-state index is 5.71. The van der Waals surface area contributed by atoms with Gasteiger partial charge < -0.3 is 24.8 Å². The van der Waals surface area contributed by atoms with Crippen LogP contribution in [0.1, 0.15) is 25.7 Å². The monoisotopic (exact) mass is 427 g/mol. The normalized spacial score (nSPS) is 21.5. The van der Waals surface area contributed by atoms with E-state index in [9.17, 15) is 0 Å². The fourth-order valence-corrected chi connectivity index (χ4v) is 2.17. The summed E-state index contributed by atoms with van der Waals surface area (Å²) in [5.74, 6) is 1.65. The third kappa shape index (κ3) is 9.12. The predicted octanol–water partition coefficient (Wildman–Crippen LogP) is 1.39. The van der Waals surface area contributed by atoms with Gasteiger partial charge in [0.05, 0.1) is 19.3 Å². The van der Waals surface area contributed by atoms with Gasteiger partial charge >= 0.3 is 0 Å². The molecule has 0 aromatic heterocycles. The maximum absolute atomic E-state index is 5.71. The van der Waals surface area contributed by atoms with Crippen molar-refractivity contribution in [3.63, 3.8) is 0 Å². The quantitative estimate of drug-likeness (QED) is 0.239. The van der Waals surface area contributed by atoms with Crippen molar-refractivity contribution in [1.82, 2.24) is 10.6 Å².